The normalized spacial score (nSPS) is 31.9. The zero-order valence-corrected chi connectivity index (χ0v) is 15.8. The van der Waals surface area contributed by atoms with Gasteiger partial charge in [-0.05, 0) is 50.1 Å². The summed E-state index contributed by atoms with van der Waals surface area (Å²) in [6.45, 7) is 5.58. The first-order valence-corrected chi connectivity index (χ1v) is 10.1. The first-order chi connectivity index (χ1) is 12.7. The Labute approximate surface area is 156 Å². The molecule has 1 heterocycles. The number of benzene rings is 1. The molecular weight excluding hydrogens is 326 g/mol. The van der Waals surface area contributed by atoms with Gasteiger partial charge in [-0.1, -0.05) is 30.3 Å². The Morgan fingerprint density at radius 2 is 1.96 bits per heavy atom. The van der Waals surface area contributed by atoms with Crippen LogP contribution in [0.5, 0.6) is 0 Å². The van der Waals surface area contributed by atoms with Gasteiger partial charge in [-0.3, -0.25) is 4.90 Å². The Morgan fingerprint density at radius 1 is 1.19 bits per heavy atom. The third-order valence-corrected chi connectivity index (χ3v) is 6.70. The number of nitrogens with one attached hydrogen (secondary N) is 1. The van der Waals surface area contributed by atoms with E-state index in [1.807, 2.05) is 6.07 Å². The number of carbonyl (C=O) groups excluding carboxylic acids is 1. The molecule has 4 rings (SSSR count). The van der Waals surface area contributed by atoms with Crippen LogP contribution in [0.2, 0.25) is 0 Å². The molecular formula is C21H31N3O2. The highest BCUT2D eigenvalue weighted by molar-refractivity contribution is 5.69. The maximum absolute atomic E-state index is 12.6. The predicted octanol–water partition coefficient (Wildman–Crippen LogP) is 2.68. The van der Waals surface area contributed by atoms with Crippen molar-refractivity contribution in [2.75, 3.05) is 46.4 Å². The van der Waals surface area contributed by atoms with Gasteiger partial charge in [0.25, 0.3) is 0 Å². The Kier molecular flexibility index (Phi) is 5.18. The Balaban J connectivity index is 1.34. The van der Waals surface area contributed by atoms with Crippen LogP contribution < -0.4 is 5.32 Å². The van der Waals surface area contributed by atoms with E-state index >= 15 is 0 Å². The van der Waals surface area contributed by atoms with E-state index in [0.717, 1.165) is 45.1 Å². The van der Waals surface area contributed by atoms with Gasteiger partial charge in [0.1, 0.15) is 6.61 Å². The first kappa shape index (κ1) is 17.8. The van der Waals surface area contributed by atoms with Crippen LogP contribution in [-0.2, 0) is 10.3 Å². The van der Waals surface area contributed by atoms with Gasteiger partial charge in [0.05, 0.1) is 5.54 Å². The fourth-order valence-corrected chi connectivity index (χ4v) is 5.20. The number of likely N-dealkylation sites (N-methyl/N-ethyl adjacent to an activating group) is 1. The molecule has 3 fully saturated rings. The molecule has 3 aliphatic rings. The monoisotopic (exact) mass is 357 g/mol. The molecule has 0 spiro atoms. The minimum atomic E-state index is -0.254. The van der Waals surface area contributed by atoms with Crippen molar-refractivity contribution >= 4 is 6.09 Å². The SMILES string of the molecule is CN1CCN(CCOC(=O)NC2(c3ccccc3)CC3CCC2C3)CC1. The Morgan fingerprint density at radius 3 is 2.62 bits per heavy atom. The molecule has 3 unspecified atom stereocenters. The molecule has 1 N–H and O–H groups in total. The van der Waals surface area contributed by atoms with Crippen molar-refractivity contribution in [2.45, 2.75) is 31.2 Å². The second-order valence-corrected chi connectivity index (χ2v) is 8.32. The average Bonchev–Trinajstić information content (AvgIpc) is 3.26. The standard InChI is InChI=1S/C21H31N3O2/c1-23-9-11-24(12-10-23)13-14-26-20(25)22-21(18-5-3-2-4-6-18)16-17-7-8-19(21)15-17/h2-6,17,19H,7-16H2,1H3,(H,22,25). The van der Waals surface area contributed by atoms with Crippen LogP contribution in [-0.4, -0.2) is 62.3 Å². The number of amides is 1. The van der Waals surface area contributed by atoms with Crippen molar-refractivity contribution in [3.63, 3.8) is 0 Å². The minimum Gasteiger partial charge on any atom is -0.448 e. The zero-order valence-electron chi connectivity index (χ0n) is 15.8. The number of fused-ring (bicyclic) bond motifs is 2. The smallest absolute Gasteiger partial charge is 0.407 e. The molecule has 142 valence electrons. The lowest BCUT2D eigenvalue weighted by atomic mass is 9.76. The molecule has 2 aliphatic carbocycles. The van der Waals surface area contributed by atoms with Gasteiger partial charge in [0.2, 0.25) is 0 Å². The van der Waals surface area contributed by atoms with Crippen molar-refractivity contribution in [3.8, 4) is 0 Å². The van der Waals surface area contributed by atoms with Crippen LogP contribution in [0.3, 0.4) is 0 Å². The van der Waals surface area contributed by atoms with Gasteiger partial charge in [0.15, 0.2) is 0 Å². The van der Waals surface area contributed by atoms with Crippen molar-refractivity contribution in [2.24, 2.45) is 11.8 Å². The number of rotatable bonds is 5. The van der Waals surface area contributed by atoms with E-state index in [4.69, 9.17) is 4.74 Å². The van der Waals surface area contributed by atoms with Crippen LogP contribution in [0.1, 0.15) is 31.2 Å². The van der Waals surface area contributed by atoms with Crippen LogP contribution in [0.4, 0.5) is 4.79 Å². The summed E-state index contributed by atoms with van der Waals surface area (Å²) in [7, 11) is 2.15. The maximum Gasteiger partial charge on any atom is 0.407 e. The third-order valence-electron chi connectivity index (χ3n) is 6.70. The summed E-state index contributed by atoms with van der Waals surface area (Å²) in [5.74, 6) is 1.28. The Hall–Kier alpha value is -1.59. The minimum absolute atomic E-state index is 0.227. The molecule has 0 aromatic heterocycles. The number of nitrogens with zero attached hydrogens (tertiary/aromatic N) is 2. The molecule has 3 atom stereocenters. The molecule has 1 amide bonds. The number of alkyl carbamates (subject to hydrolysis) is 1. The first-order valence-electron chi connectivity index (χ1n) is 10.1. The second kappa shape index (κ2) is 7.57. The van der Waals surface area contributed by atoms with Crippen molar-refractivity contribution in [1.29, 1.82) is 0 Å². The average molecular weight is 357 g/mol. The molecule has 2 bridgehead atoms. The zero-order chi connectivity index (χ0) is 18.0. The number of hydrogen-bond donors (Lipinski definition) is 1. The summed E-state index contributed by atoms with van der Waals surface area (Å²) in [6.07, 6.45) is 4.54. The van der Waals surface area contributed by atoms with Gasteiger partial charge in [-0.2, -0.15) is 0 Å². The molecule has 1 aliphatic heterocycles. The number of hydrogen-bond acceptors (Lipinski definition) is 4. The number of piperazine rings is 1. The molecule has 26 heavy (non-hydrogen) atoms. The van der Waals surface area contributed by atoms with Gasteiger partial charge in [-0.25, -0.2) is 4.79 Å². The van der Waals surface area contributed by atoms with Crippen LogP contribution in [0.25, 0.3) is 0 Å². The van der Waals surface area contributed by atoms with E-state index in [9.17, 15) is 4.79 Å². The summed E-state index contributed by atoms with van der Waals surface area (Å²) in [6, 6.07) is 10.5. The van der Waals surface area contributed by atoms with Gasteiger partial charge in [0, 0.05) is 32.7 Å². The van der Waals surface area contributed by atoms with Crippen LogP contribution in [0.15, 0.2) is 30.3 Å². The highest BCUT2D eigenvalue weighted by Gasteiger charge is 2.53. The second-order valence-electron chi connectivity index (χ2n) is 8.32. The quantitative estimate of drug-likeness (QED) is 0.880. The molecule has 0 radical (unpaired) electrons. The molecule has 1 aromatic rings. The topological polar surface area (TPSA) is 44.8 Å². The lowest BCUT2D eigenvalue weighted by Gasteiger charge is -2.39. The van der Waals surface area contributed by atoms with Crippen LogP contribution >= 0.6 is 0 Å². The van der Waals surface area contributed by atoms with E-state index in [2.05, 4.69) is 46.4 Å². The summed E-state index contributed by atoms with van der Waals surface area (Å²) in [4.78, 5) is 17.3. The van der Waals surface area contributed by atoms with Crippen molar-refractivity contribution in [1.82, 2.24) is 15.1 Å². The van der Waals surface area contributed by atoms with Gasteiger partial charge >= 0.3 is 6.09 Å². The lowest BCUT2D eigenvalue weighted by Crippen LogP contribution is -2.50. The fourth-order valence-electron chi connectivity index (χ4n) is 5.20. The Bertz CT molecular complexity index is 615. The highest BCUT2D eigenvalue weighted by Crippen LogP contribution is 2.55. The number of ether oxygens (including phenoxy) is 1. The molecule has 1 saturated heterocycles. The van der Waals surface area contributed by atoms with E-state index in [1.165, 1.54) is 24.8 Å². The van der Waals surface area contributed by atoms with E-state index in [1.54, 1.807) is 0 Å². The van der Waals surface area contributed by atoms with Crippen LogP contribution in [0, 0.1) is 11.8 Å². The van der Waals surface area contributed by atoms with Gasteiger partial charge in [-0.15, -0.1) is 0 Å². The summed E-state index contributed by atoms with van der Waals surface area (Å²) >= 11 is 0. The van der Waals surface area contributed by atoms with Crippen molar-refractivity contribution in [3.05, 3.63) is 35.9 Å². The summed E-state index contributed by atoms with van der Waals surface area (Å²) in [5, 5.41) is 3.30. The lowest BCUT2D eigenvalue weighted by molar-refractivity contribution is 0.0910. The predicted molar refractivity (Wildman–Crippen MR) is 102 cm³/mol. The van der Waals surface area contributed by atoms with E-state index in [0.29, 0.717) is 12.5 Å². The largest absolute Gasteiger partial charge is 0.448 e. The number of carbonyl (C=O) groups is 1. The molecule has 2 saturated carbocycles. The summed E-state index contributed by atoms with van der Waals surface area (Å²) in [5.41, 5.74) is 1.01. The molecule has 1 aromatic carbocycles. The van der Waals surface area contributed by atoms with E-state index in [-0.39, 0.29) is 11.6 Å². The molecule has 5 heteroatoms. The van der Waals surface area contributed by atoms with Crippen molar-refractivity contribution < 1.29 is 9.53 Å². The molecule has 5 nitrogen and oxygen atoms in total. The highest BCUT2D eigenvalue weighted by atomic mass is 16.5. The third kappa shape index (κ3) is 3.60. The van der Waals surface area contributed by atoms with Gasteiger partial charge < -0.3 is 15.0 Å². The maximum atomic E-state index is 12.6. The summed E-state index contributed by atoms with van der Waals surface area (Å²) < 4.78 is 5.58. The fraction of sp³-hybridized carbons (Fsp3) is 0.667. The van der Waals surface area contributed by atoms with E-state index < -0.39 is 0 Å².